The molecule has 0 fully saturated rings. The third-order valence-electron chi connectivity index (χ3n) is 26.5. The fourth-order valence-electron chi connectivity index (χ4n) is 17.8. The molecule has 738 valence electrons. The molecule has 7 nitrogen and oxygen atoms in total. The highest BCUT2D eigenvalue weighted by Gasteiger charge is 2.19. The zero-order chi connectivity index (χ0) is 94.3. The number of aliphatic hydroxyl groups is 1. The van der Waals surface area contributed by atoms with E-state index in [4.69, 9.17) is 28.4 Å². The summed E-state index contributed by atoms with van der Waals surface area (Å²) in [5, 5.41) is 10.6. The Kier molecular flexibility index (Phi) is 65.4. The molecule has 0 amide bonds. The monoisotopic (exact) mass is 1830 g/mol. The van der Waals surface area contributed by atoms with Crippen LogP contribution in [0, 0.1) is 0 Å². The van der Waals surface area contributed by atoms with Gasteiger partial charge in [0.15, 0.2) is 23.0 Å². The molecular formula is C127H188O7. The van der Waals surface area contributed by atoms with E-state index in [2.05, 4.69) is 254 Å². The highest BCUT2D eigenvalue weighted by molar-refractivity contribution is 5.79. The van der Waals surface area contributed by atoms with E-state index in [0.717, 1.165) is 145 Å². The van der Waals surface area contributed by atoms with Gasteiger partial charge >= 0.3 is 0 Å². The maximum atomic E-state index is 10.6. The lowest BCUT2D eigenvalue weighted by Gasteiger charge is -2.18. The molecular weight excluding hydrogens is 1640 g/mol. The van der Waals surface area contributed by atoms with Crippen LogP contribution in [0.4, 0.5) is 0 Å². The van der Waals surface area contributed by atoms with Crippen molar-refractivity contribution in [3.8, 4) is 34.5 Å². The largest absolute Gasteiger partial charge is 0.490 e. The van der Waals surface area contributed by atoms with Crippen molar-refractivity contribution in [1.29, 1.82) is 0 Å². The van der Waals surface area contributed by atoms with E-state index in [9.17, 15) is 5.11 Å². The van der Waals surface area contributed by atoms with E-state index in [1.54, 1.807) is 0 Å². The Labute approximate surface area is 820 Å². The summed E-state index contributed by atoms with van der Waals surface area (Å²) in [5.41, 5.74) is 14.1. The van der Waals surface area contributed by atoms with Gasteiger partial charge in [0.2, 0.25) is 11.5 Å². The maximum absolute atomic E-state index is 10.6. The summed E-state index contributed by atoms with van der Waals surface area (Å²) < 4.78 is 40.5. The zero-order valence-corrected chi connectivity index (χ0v) is 86.0. The lowest BCUT2D eigenvalue weighted by Crippen LogP contribution is -2.07. The predicted octanol–water partition coefficient (Wildman–Crippen LogP) is 40.0. The Morgan fingerprint density at radius 3 is 0.515 bits per heavy atom. The molecule has 1 N–H and O–H groups in total. The molecule has 134 heavy (non-hydrogen) atoms. The maximum Gasteiger partial charge on any atom is 0.203 e. The minimum Gasteiger partial charge on any atom is -0.490 e. The molecule has 0 aliphatic carbocycles. The second-order valence-electron chi connectivity index (χ2n) is 38.7. The first kappa shape index (κ1) is 113. The molecule has 0 unspecified atom stereocenters. The standard InChI is InChI=1S/C127H188O7/c1-7-13-19-25-31-37-43-49-55-61-97-129-122-104-118(105-123(130-98-62-56-50-44-38-32-26-20-14-8-2)126(122)133-101-65-59-53-47-41-35-29-23-17-11-5)91-88-114-79-73-110(74-80-114)68-67-109-71-77-113(78-72-109)87-90-117-94-96-120(121(103-117)108-128)95-93-116-85-83-112(84-86-116)70-69-111-75-81-115(82-76-111)89-92-119-106-124(131-99-63-57-51-45-39-33-27-21-15-9-3)127(134-102-66-60-54-48-42-36-30-24-18-12-6)125(107-119)132-100-64-58-52-46-40-34-28-22-16-10-4/h67-96,103-107,128H,7-66,97-102,108H2,1-6H3/b68-67+,70-69+,90-87+,91-88+,92-89+,95-93+. The molecule has 0 aliphatic heterocycles. The van der Waals surface area contributed by atoms with Crippen LogP contribution in [0.5, 0.6) is 34.5 Å². The highest BCUT2D eigenvalue weighted by Crippen LogP contribution is 2.43. The van der Waals surface area contributed by atoms with E-state index in [1.807, 2.05) is 0 Å². The van der Waals surface area contributed by atoms with Crippen molar-refractivity contribution in [2.75, 3.05) is 39.6 Å². The quantitative estimate of drug-likeness (QED) is 0.0301. The molecule has 0 aromatic heterocycles. The van der Waals surface area contributed by atoms with Crippen LogP contribution in [0.1, 0.15) is 499 Å². The number of aliphatic hydroxyl groups excluding tert-OH is 1. The Morgan fingerprint density at radius 1 is 0.164 bits per heavy atom. The van der Waals surface area contributed by atoms with Crippen LogP contribution in [-0.2, 0) is 6.61 Å². The first-order valence-electron chi connectivity index (χ1n) is 55.7. The molecule has 0 saturated heterocycles. The predicted molar refractivity (Wildman–Crippen MR) is 589 cm³/mol. The van der Waals surface area contributed by atoms with Gasteiger partial charge in [0.25, 0.3) is 0 Å². The number of hydrogen-bond acceptors (Lipinski definition) is 7. The number of ether oxygens (including phenoxy) is 6. The van der Waals surface area contributed by atoms with E-state index in [-0.39, 0.29) is 6.61 Å². The summed E-state index contributed by atoms with van der Waals surface area (Å²) in [6.45, 7) is 17.8. The molecule has 0 saturated carbocycles. The van der Waals surface area contributed by atoms with Crippen molar-refractivity contribution in [3.63, 3.8) is 0 Å². The van der Waals surface area contributed by atoms with Gasteiger partial charge in [-0.3, -0.25) is 0 Å². The fourth-order valence-corrected chi connectivity index (χ4v) is 17.8. The summed E-state index contributed by atoms with van der Waals surface area (Å²) in [6.07, 6.45) is 104. The van der Waals surface area contributed by atoms with Crippen molar-refractivity contribution in [2.24, 2.45) is 0 Å². The molecule has 7 aromatic rings. The van der Waals surface area contributed by atoms with E-state index >= 15 is 0 Å². The number of unbranched alkanes of at least 4 members (excludes halogenated alkanes) is 54. The second kappa shape index (κ2) is 77.7. The summed E-state index contributed by atoms with van der Waals surface area (Å²) in [4.78, 5) is 0. The van der Waals surface area contributed by atoms with Crippen LogP contribution in [0.3, 0.4) is 0 Å². The lowest BCUT2D eigenvalue weighted by atomic mass is 10.0. The van der Waals surface area contributed by atoms with Gasteiger partial charge < -0.3 is 33.5 Å². The molecule has 0 spiro atoms. The van der Waals surface area contributed by atoms with Gasteiger partial charge in [0.1, 0.15) is 0 Å². The van der Waals surface area contributed by atoms with Crippen molar-refractivity contribution in [3.05, 3.63) is 212 Å². The molecule has 0 atom stereocenters. The Morgan fingerprint density at radius 2 is 0.321 bits per heavy atom. The summed E-state index contributed by atoms with van der Waals surface area (Å²) in [5.74, 6) is 4.76. The molecule has 0 aliphatic rings. The van der Waals surface area contributed by atoms with Crippen LogP contribution < -0.4 is 28.4 Å². The first-order valence-corrected chi connectivity index (χ1v) is 55.7. The highest BCUT2D eigenvalue weighted by atomic mass is 16.5. The molecule has 0 bridgehead atoms. The number of hydrogen-bond donors (Lipinski definition) is 1. The van der Waals surface area contributed by atoms with Crippen LogP contribution in [0.2, 0.25) is 0 Å². The van der Waals surface area contributed by atoms with Crippen LogP contribution in [0.25, 0.3) is 72.9 Å². The third kappa shape index (κ3) is 53.5. The van der Waals surface area contributed by atoms with Crippen LogP contribution in [0.15, 0.2) is 140 Å². The summed E-state index contributed by atoms with van der Waals surface area (Å²) in [7, 11) is 0. The van der Waals surface area contributed by atoms with Gasteiger partial charge in [-0.15, -0.1) is 0 Å². The van der Waals surface area contributed by atoms with Crippen molar-refractivity contribution < 1.29 is 33.5 Å². The SMILES string of the molecule is CCCCCCCCCCCCOc1cc(/C=C/c2ccc(/C=C/c3ccc(/C=C/c4ccc(/C=C/c5ccc(/C=C/c6ccc(/C=C/c7cc(OCCCCCCCCCCCC)c(OCCCCCCCCCCCC)c(OCCCCCCCCCCCC)c7)cc6)cc5)c(CO)c4)cc3)cc2)cc(OCCCCCCCCCCCC)c1OCCCCCCCCCCCC. The minimum absolute atomic E-state index is 0.0475. The normalized spacial score (nSPS) is 11.9. The van der Waals surface area contributed by atoms with Gasteiger partial charge in [0.05, 0.1) is 46.2 Å². The smallest absolute Gasteiger partial charge is 0.203 e. The van der Waals surface area contributed by atoms with Crippen LogP contribution >= 0.6 is 0 Å². The molecule has 0 heterocycles. The Hall–Kier alpha value is -8.26. The summed E-state index contributed by atoms with van der Waals surface area (Å²) in [6, 6.07) is 49.9. The molecule has 7 aromatic carbocycles. The average Bonchev–Trinajstić information content (AvgIpc) is 0.824. The second-order valence-corrected chi connectivity index (χ2v) is 38.7. The van der Waals surface area contributed by atoms with Crippen molar-refractivity contribution in [1.82, 2.24) is 0 Å². The van der Waals surface area contributed by atoms with E-state index in [0.29, 0.717) is 39.6 Å². The van der Waals surface area contributed by atoms with E-state index < -0.39 is 0 Å². The fraction of sp³-hybridized carbons (Fsp3) is 0.575. The van der Waals surface area contributed by atoms with E-state index in [1.165, 1.54) is 347 Å². The zero-order valence-electron chi connectivity index (χ0n) is 86.0. The van der Waals surface area contributed by atoms with Crippen molar-refractivity contribution in [2.45, 2.75) is 433 Å². The Bertz CT molecular complexity index is 4100. The van der Waals surface area contributed by atoms with Gasteiger partial charge in [-0.2, -0.15) is 0 Å². The number of rotatable bonds is 85. The van der Waals surface area contributed by atoms with Crippen LogP contribution in [-0.4, -0.2) is 44.7 Å². The van der Waals surface area contributed by atoms with Gasteiger partial charge in [-0.1, -0.05) is 570 Å². The number of benzene rings is 7. The van der Waals surface area contributed by atoms with Gasteiger partial charge in [0, 0.05) is 0 Å². The molecule has 7 heteroatoms. The lowest BCUT2D eigenvalue weighted by molar-refractivity contribution is 0.234. The van der Waals surface area contributed by atoms with Gasteiger partial charge in [-0.25, -0.2) is 0 Å². The minimum atomic E-state index is -0.0475. The Balaban J connectivity index is 0.927. The van der Waals surface area contributed by atoms with Crippen molar-refractivity contribution >= 4 is 72.9 Å². The third-order valence-corrected chi connectivity index (χ3v) is 26.5. The average molecular weight is 1830 g/mol. The van der Waals surface area contributed by atoms with Gasteiger partial charge in [-0.05, 0) is 141 Å². The summed E-state index contributed by atoms with van der Waals surface area (Å²) >= 11 is 0. The first-order chi connectivity index (χ1) is 66.3. The topological polar surface area (TPSA) is 75.6 Å². The molecule has 7 rings (SSSR count). The molecule has 0 radical (unpaired) electrons.